The maximum absolute atomic E-state index is 15.3. The fourth-order valence-electron chi connectivity index (χ4n) is 5.35. The number of alkyl halides is 1. The molecule has 3 aromatic rings. The van der Waals surface area contributed by atoms with Crippen molar-refractivity contribution in [3.05, 3.63) is 43.0 Å². The smallest absolute Gasteiger partial charge is 0.147 e. The third-order valence-electron chi connectivity index (χ3n) is 7.14. The van der Waals surface area contributed by atoms with Crippen molar-refractivity contribution in [2.75, 3.05) is 18.1 Å². The Morgan fingerprint density at radius 1 is 1.15 bits per heavy atom. The monoisotopic (exact) mass is 450 g/mol. The van der Waals surface area contributed by atoms with Crippen molar-refractivity contribution in [3.8, 4) is 28.1 Å². The summed E-state index contributed by atoms with van der Waals surface area (Å²) < 4.78 is 22.5. The number of aromatic hydroxyl groups is 1. The average molecular weight is 451 g/mol. The largest absolute Gasteiger partial charge is 0.507 e. The van der Waals surface area contributed by atoms with Crippen LogP contribution < -0.4 is 10.2 Å². The van der Waals surface area contributed by atoms with Crippen molar-refractivity contribution in [1.82, 2.24) is 25.1 Å². The van der Waals surface area contributed by atoms with Gasteiger partial charge in [-0.1, -0.05) is 6.07 Å². The molecule has 5 heterocycles. The van der Waals surface area contributed by atoms with Gasteiger partial charge in [-0.2, -0.15) is 5.10 Å². The SMILES string of the molecule is Cn1cc(-c2ccc(-c3cnc(N(C4COC4)[C@@H]4C[C@H]5CC[C@H](N5)[C@@H]4F)cn3)c(O)c2)cn1. The lowest BCUT2D eigenvalue weighted by Gasteiger charge is -2.47. The number of benzene rings is 1. The van der Waals surface area contributed by atoms with Crippen molar-refractivity contribution in [3.63, 3.8) is 0 Å². The maximum Gasteiger partial charge on any atom is 0.147 e. The van der Waals surface area contributed by atoms with Crippen molar-refractivity contribution in [2.24, 2.45) is 7.05 Å². The molecule has 8 nitrogen and oxygen atoms in total. The van der Waals surface area contributed by atoms with Gasteiger partial charge in [0.1, 0.15) is 17.7 Å². The zero-order valence-electron chi connectivity index (χ0n) is 18.4. The summed E-state index contributed by atoms with van der Waals surface area (Å²) in [5, 5.41) is 18.2. The molecule has 3 aliphatic heterocycles. The number of aromatic nitrogens is 4. The van der Waals surface area contributed by atoms with Crippen molar-refractivity contribution in [1.29, 1.82) is 0 Å². The number of phenolic OH excluding ortho intramolecular Hbond substituents is 1. The molecule has 9 heteroatoms. The molecule has 3 fully saturated rings. The molecule has 2 aromatic heterocycles. The van der Waals surface area contributed by atoms with E-state index < -0.39 is 6.17 Å². The number of rotatable bonds is 5. The summed E-state index contributed by atoms with van der Waals surface area (Å²) in [6.45, 7) is 1.15. The first-order valence-electron chi connectivity index (χ1n) is 11.5. The zero-order valence-corrected chi connectivity index (χ0v) is 18.4. The molecule has 2 N–H and O–H groups in total. The van der Waals surface area contributed by atoms with Crippen LogP contribution in [0.5, 0.6) is 5.75 Å². The van der Waals surface area contributed by atoms with Gasteiger partial charge in [-0.25, -0.2) is 9.37 Å². The average Bonchev–Trinajstić information content (AvgIpc) is 3.40. The van der Waals surface area contributed by atoms with Gasteiger partial charge in [0.25, 0.3) is 0 Å². The second kappa shape index (κ2) is 8.07. The number of nitrogens with zero attached hydrogens (tertiary/aromatic N) is 5. The molecule has 0 unspecified atom stereocenters. The lowest BCUT2D eigenvalue weighted by atomic mass is 9.94. The summed E-state index contributed by atoms with van der Waals surface area (Å²) in [4.78, 5) is 11.3. The van der Waals surface area contributed by atoms with Gasteiger partial charge in [-0.3, -0.25) is 9.67 Å². The molecule has 0 aliphatic carbocycles. The van der Waals surface area contributed by atoms with E-state index in [-0.39, 0.29) is 23.9 Å². The third-order valence-corrected chi connectivity index (χ3v) is 7.14. The van der Waals surface area contributed by atoms with Gasteiger partial charge >= 0.3 is 0 Å². The van der Waals surface area contributed by atoms with E-state index in [1.165, 1.54) is 0 Å². The molecule has 6 rings (SSSR count). The fraction of sp³-hybridized carbons (Fsp3) is 0.458. The molecule has 4 atom stereocenters. The Labute approximate surface area is 191 Å². The van der Waals surface area contributed by atoms with Gasteiger partial charge in [-0.05, 0) is 37.0 Å². The minimum absolute atomic E-state index is 0.0836. The quantitative estimate of drug-likeness (QED) is 0.618. The third kappa shape index (κ3) is 3.65. The van der Waals surface area contributed by atoms with E-state index in [9.17, 15) is 5.11 Å². The summed E-state index contributed by atoms with van der Waals surface area (Å²) in [5.74, 6) is 0.786. The van der Waals surface area contributed by atoms with E-state index in [1.807, 2.05) is 25.4 Å². The first-order valence-corrected chi connectivity index (χ1v) is 11.5. The maximum atomic E-state index is 15.3. The van der Waals surface area contributed by atoms with Crippen LogP contribution in [0.15, 0.2) is 43.0 Å². The van der Waals surface area contributed by atoms with Crippen LogP contribution in [0.2, 0.25) is 0 Å². The highest BCUT2D eigenvalue weighted by atomic mass is 19.1. The van der Waals surface area contributed by atoms with Gasteiger partial charge in [0.2, 0.25) is 0 Å². The molecule has 0 saturated carbocycles. The van der Waals surface area contributed by atoms with Crippen molar-refractivity contribution < 1.29 is 14.2 Å². The molecule has 1 aromatic carbocycles. The van der Waals surface area contributed by atoms with Crippen LogP contribution in [-0.4, -0.2) is 68.4 Å². The highest BCUT2D eigenvalue weighted by Crippen LogP contribution is 2.37. The van der Waals surface area contributed by atoms with E-state index in [2.05, 4.69) is 25.3 Å². The van der Waals surface area contributed by atoms with Crippen molar-refractivity contribution in [2.45, 2.75) is 49.6 Å². The van der Waals surface area contributed by atoms with Gasteiger partial charge in [0.05, 0.1) is 49.6 Å². The molecule has 0 radical (unpaired) electrons. The van der Waals surface area contributed by atoms with Gasteiger partial charge in [0.15, 0.2) is 0 Å². The normalized spacial score (nSPS) is 26.8. The van der Waals surface area contributed by atoms with E-state index >= 15 is 4.39 Å². The molecule has 0 spiro atoms. The second-order valence-electron chi connectivity index (χ2n) is 9.29. The summed E-state index contributed by atoms with van der Waals surface area (Å²) in [6.07, 6.45) is 8.72. The number of hydrogen-bond acceptors (Lipinski definition) is 7. The zero-order chi connectivity index (χ0) is 22.5. The first-order chi connectivity index (χ1) is 16.1. The molecule has 2 bridgehead atoms. The van der Waals surface area contributed by atoms with Gasteiger partial charge in [-0.15, -0.1) is 0 Å². The Hall–Kier alpha value is -3.04. The van der Waals surface area contributed by atoms with E-state index in [4.69, 9.17) is 4.74 Å². The van der Waals surface area contributed by atoms with E-state index in [1.54, 1.807) is 29.3 Å². The van der Waals surface area contributed by atoms with Crippen LogP contribution in [0.25, 0.3) is 22.4 Å². The summed E-state index contributed by atoms with van der Waals surface area (Å²) >= 11 is 0. The highest BCUT2D eigenvalue weighted by molar-refractivity contribution is 5.73. The number of phenols is 1. The minimum Gasteiger partial charge on any atom is -0.507 e. The number of nitrogens with one attached hydrogen (secondary N) is 1. The standard InChI is InChI=1S/C24H27FN6O2/c1-30-11-15(8-28-30)14-2-4-18(22(32)6-14)20-9-27-23(10-26-20)31(17-12-33-13-17)21-7-16-3-5-19(29-16)24(21)25/h2,4,6,8-11,16-17,19,21,24,29,32H,3,5,7,12-13H2,1H3/t16-,19+,21-,24+/m1/s1. The molecule has 3 saturated heterocycles. The lowest BCUT2D eigenvalue weighted by molar-refractivity contribution is -0.00218. The topological polar surface area (TPSA) is 88.3 Å². The van der Waals surface area contributed by atoms with Crippen LogP contribution in [-0.2, 0) is 11.8 Å². The number of anilines is 1. The Morgan fingerprint density at radius 2 is 2.03 bits per heavy atom. The number of halogens is 1. The molecule has 0 amide bonds. The van der Waals surface area contributed by atoms with E-state index in [0.29, 0.717) is 36.3 Å². The van der Waals surface area contributed by atoms with Crippen LogP contribution in [0.3, 0.4) is 0 Å². The Kier molecular flexibility index (Phi) is 5.03. The molecular formula is C24H27FN6O2. The molecular weight excluding hydrogens is 423 g/mol. The summed E-state index contributed by atoms with van der Waals surface area (Å²) in [6, 6.07) is 5.62. The Balaban J connectivity index is 1.27. The summed E-state index contributed by atoms with van der Waals surface area (Å²) in [7, 11) is 1.85. The Bertz CT molecular complexity index is 1150. The second-order valence-corrected chi connectivity index (χ2v) is 9.29. The van der Waals surface area contributed by atoms with Crippen LogP contribution >= 0.6 is 0 Å². The highest BCUT2D eigenvalue weighted by Gasteiger charge is 2.47. The number of ether oxygens (including phenoxy) is 1. The number of aryl methyl sites for hydroxylation is 1. The minimum atomic E-state index is -0.949. The first kappa shape index (κ1) is 20.6. The Morgan fingerprint density at radius 3 is 2.70 bits per heavy atom. The molecule has 3 aliphatic rings. The van der Waals surface area contributed by atoms with Crippen molar-refractivity contribution >= 4 is 5.82 Å². The van der Waals surface area contributed by atoms with E-state index in [0.717, 1.165) is 30.4 Å². The number of hydrogen-bond donors (Lipinski definition) is 2. The number of fused-ring (bicyclic) bond motifs is 2. The van der Waals surface area contributed by atoms with Crippen LogP contribution in [0, 0.1) is 0 Å². The summed E-state index contributed by atoms with van der Waals surface area (Å²) in [5.41, 5.74) is 2.97. The predicted octanol–water partition coefficient (Wildman–Crippen LogP) is 2.69. The van der Waals surface area contributed by atoms with Crippen LogP contribution in [0.4, 0.5) is 10.2 Å². The molecule has 33 heavy (non-hydrogen) atoms. The van der Waals surface area contributed by atoms with Gasteiger partial charge in [0, 0.05) is 36.5 Å². The fourth-order valence-corrected chi connectivity index (χ4v) is 5.35. The molecule has 172 valence electrons. The van der Waals surface area contributed by atoms with Gasteiger partial charge < -0.3 is 20.1 Å². The predicted molar refractivity (Wildman–Crippen MR) is 122 cm³/mol. The lowest BCUT2D eigenvalue weighted by Crippen LogP contribution is -2.62. The van der Waals surface area contributed by atoms with Crippen LogP contribution in [0.1, 0.15) is 19.3 Å². The number of piperidine rings is 1.